The summed E-state index contributed by atoms with van der Waals surface area (Å²) >= 11 is 0. The van der Waals surface area contributed by atoms with Gasteiger partial charge in [-0.2, -0.15) is 0 Å². The largest absolute Gasteiger partial charge is 0.368 e. The van der Waals surface area contributed by atoms with E-state index in [1.807, 2.05) is 18.5 Å². The first-order valence-corrected chi connectivity index (χ1v) is 10.4. The molecule has 8 heteroatoms. The van der Waals surface area contributed by atoms with E-state index in [9.17, 15) is 0 Å². The van der Waals surface area contributed by atoms with E-state index in [4.69, 9.17) is 9.98 Å². The summed E-state index contributed by atoms with van der Waals surface area (Å²) in [5.41, 5.74) is 2.37. The van der Waals surface area contributed by atoms with E-state index in [0.29, 0.717) is 12.0 Å². The molecule has 2 aromatic rings. The van der Waals surface area contributed by atoms with E-state index in [1.54, 1.807) is 0 Å². The molecule has 4 aliphatic rings. The van der Waals surface area contributed by atoms with Crippen molar-refractivity contribution in [1.82, 2.24) is 25.2 Å². The number of aromatic nitrogens is 3. The molecule has 0 spiro atoms. The summed E-state index contributed by atoms with van der Waals surface area (Å²) < 4.78 is 0. The number of hydrogen-bond donors (Lipinski definition) is 2. The van der Waals surface area contributed by atoms with E-state index in [-0.39, 0.29) is 6.04 Å². The lowest BCUT2D eigenvalue weighted by atomic mass is 10.2. The van der Waals surface area contributed by atoms with Crippen molar-refractivity contribution in [3.63, 3.8) is 0 Å². The molecule has 6 rings (SSSR count). The number of piperazine rings is 1. The van der Waals surface area contributed by atoms with Crippen LogP contribution in [0.25, 0.3) is 11.8 Å². The third-order valence-corrected chi connectivity index (χ3v) is 5.99. The van der Waals surface area contributed by atoms with E-state index in [2.05, 4.69) is 49.5 Å². The predicted molar refractivity (Wildman–Crippen MR) is 114 cm³/mol. The van der Waals surface area contributed by atoms with Crippen molar-refractivity contribution in [1.29, 1.82) is 0 Å². The molecule has 2 aliphatic carbocycles. The number of rotatable bonds is 4. The molecule has 29 heavy (non-hydrogen) atoms. The van der Waals surface area contributed by atoms with Crippen LogP contribution in [-0.4, -0.2) is 64.0 Å². The fraction of sp³-hybridized carbons (Fsp3) is 0.429. The number of hydrogen-bond acceptors (Lipinski definition) is 8. The van der Waals surface area contributed by atoms with Crippen molar-refractivity contribution in [2.45, 2.75) is 31.8 Å². The van der Waals surface area contributed by atoms with Gasteiger partial charge in [0.15, 0.2) is 0 Å². The molecule has 4 heterocycles. The Bertz CT molecular complexity index is 1100. The second-order valence-electron chi connectivity index (χ2n) is 8.04. The highest BCUT2D eigenvalue weighted by atomic mass is 15.3. The van der Waals surface area contributed by atoms with E-state index in [0.717, 1.165) is 54.1 Å². The lowest BCUT2D eigenvalue weighted by Crippen LogP contribution is -2.43. The van der Waals surface area contributed by atoms with Gasteiger partial charge in [-0.3, -0.25) is 4.99 Å². The van der Waals surface area contributed by atoms with Gasteiger partial charge >= 0.3 is 0 Å². The Morgan fingerprint density at radius 1 is 1.10 bits per heavy atom. The summed E-state index contributed by atoms with van der Waals surface area (Å²) in [5, 5.41) is 8.71. The van der Waals surface area contributed by atoms with Crippen molar-refractivity contribution in [3.05, 3.63) is 35.1 Å². The number of aliphatic imine (C=N–C) groups is 1. The molecule has 2 aromatic heterocycles. The highest BCUT2D eigenvalue weighted by Crippen LogP contribution is 2.36. The molecule has 1 unspecified atom stereocenters. The average Bonchev–Trinajstić information content (AvgIpc) is 3.45. The Kier molecular flexibility index (Phi) is 3.80. The molecule has 2 aliphatic heterocycles. The molecule has 0 bridgehead atoms. The first-order valence-electron chi connectivity index (χ1n) is 10.4. The summed E-state index contributed by atoms with van der Waals surface area (Å²) in [7, 11) is 0. The Morgan fingerprint density at radius 3 is 2.72 bits per heavy atom. The van der Waals surface area contributed by atoms with Gasteiger partial charge in [0, 0.05) is 43.6 Å². The maximum Gasteiger partial charge on any atom is 0.228 e. The Hall–Kier alpha value is -3.00. The summed E-state index contributed by atoms with van der Waals surface area (Å²) in [6, 6.07) is 4.78. The van der Waals surface area contributed by atoms with Crippen LogP contribution in [0.15, 0.2) is 29.5 Å². The first kappa shape index (κ1) is 16.9. The number of nitrogens with one attached hydrogen (secondary N) is 2. The van der Waals surface area contributed by atoms with E-state index < -0.39 is 0 Å². The Balaban J connectivity index is 1.27. The molecular formula is C21H24N8. The zero-order valence-corrected chi connectivity index (χ0v) is 16.5. The van der Waals surface area contributed by atoms with Crippen molar-refractivity contribution in [2.75, 3.05) is 36.4 Å². The monoisotopic (exact) mass is 388 g/mol. The fourth-order valence-corrected chi connectivity index (χ4v) is 4.44. The molecule has 1 saturated carbocycles. The summed E-state index contributed by atoms with van der Waals surface area (Å²) in [6.45, 7) is 6.15. The van der Waals surface area contributed by atoms with Gasteiger partial charge in [-0.25, -0.2) is 15.0 Å². The second kappa shape index (κ2) is 6.52. The highest BCUT2D eigenvalue weighted by molar-refractivity contribution is 5.94. The van der Waals surface area contributed by atoms with Gasteiger partial charge in [0.2, 0.25) is 5.95 Å². The third kappa shape index (κ3) is 2.95. The predicted octanol–water partition coefficient (Wildman–Crippen LogP) is 0.192. The average molecular weight is 388 g/mol. The van der Waals surface area contributed by atoms with Gasteiger partial charge in [0.05, 0.1) is 22.9 Å². The molecular weight excluding hydrogens is 364 g/mol. The maximum absolute atomic E-state index is 4.83. The van der Waals surface area contributed by atoms with Gasteiger partial charge in [-0.1, -0.05) is 0 Å². The van der Waals surface area contributed by atoms with E-state index in [1.165, 1.54) is 18.5 Å². The fourth-order valence-electron chi connectivity index (χ4n) is 4.44. The van der Waals surface area contributed by atoms with Gasteiger partial charge in [0.25, 0.3) is 0 Å². The third-order valence-electron chi connectivity index (χ3n) is 5.99. The summed E-state index contributed by atoms with van der Waals surface area (Å²) in [6.07, 6.45) is 8.44. The van der Waals surface area contributed by atoms with Crippen LogP contribution in [-0.2, 0) is 0 Å². The normalized spacial score (nSPS) is 22.9. The topological polar surface area (TPSA) is 81.6 Å². The van der Waals surface area contributed by atoms with Gasteiger partial charge in [-0.15, -0.1) is 0 Å². The quantitative estimate of drug-likeness (QED) is 0.774. The standard InChI is InChI=1S/C21H24N8/c1-13-25-17-10-14-11-24-21(27-19(14)20(17)29(13)15-2-3-15)26-18-5-4-16(12-23-18)28-8-6-22-7-9-28/h4-5,10-12,15,17,22H,2-3,6-9H2,1H3,(H,23,26,27). The van der Waals surface area contributed by atoms with Gasteiger partial charge in [0.1, 0.15) is 17.7 Å². The number of anilines is 3. The van der Waals surface area contributed by atoms with Crippen LogP contribution in [0.3, 0.4) is 0 Å². The number of amidine groups is 1. The molecule has 0 amide bonds. The van der Waals surface area contributed by atoms with Gasteiger partial charge in [-0.05, 0) is 38.0 Å². The van der Waals surface area contributed by atoms with Crippen LogP contribution in [0, 0.1) is 0 Å². The molecule has 2 fully saturated rings. The molecule has 2 N–H and O–H groups in total. The lowest BCUT2D eigenvalue weighted by molar-refractivity contribution is 0.570. The second-order valence-corrected chi connectivity index (χ2v) is 8.04. The smallest absolute Gasteiger partial charge is 0.228 e. The van der Waals surface area contributed by atoms with E-state index >= 15 is 0 Å². The number of pyridine rings is 1. The zero-order chi connectivity index (χ0) is 19.4. The van der Waals surface area contributed by atoms with Crippen LogP contribution in [0.5, 0.6) is 0 Å². The highest BCUT2D eigenvalue weighted by Gasteiger charge is 2.40. The summed E-state index contributed by atoms with van der Waals surface area (Å²) in [4.78, 5) is 23.4. The number of nitrogens with zero attached hydrogens (tertiary/aromatic N) is 6. The molecule has 0 radical (unpaired) electrons. The molecule has 1 saturated heterocycles. The lowest BCUT2D eigenvalue weighted by Gasteiger charge is -2.29. The molecule has 1 atom stereocenters. The Morgan fingerprint density at radius 2 is 1.97 bits per heavy atom. The molecule has 148 valence electrons. The summed E-state index contributed by atoms with van der Waals surface area (Å²) in [5.74, 6) is 2.44. The molecule has 8 nitrogen and oxygen atoms in total. The SMILES string of the molecule is CC1=NC2C=c3cnc(Nc4ccc(N5CCNCC5)cn4)nc3=C2N1C1CC1. The Labute approximate surface area is 169 Å². The minimum atomic E-state index is 0.0894. The minimum Gasteiger partial charge on any atom is -0.368 e. The first-order chi connectivity index (χ1) is 14.3. The minimum absolute atomic E-state index is 0.0894. The van der Waals surface area contributed by atoms with Crippen LogP contribution in [0.4, 0.5) is 17.5 Å². The number of fused-ring (bicyclic) bond motifs is 2. The van der Waals surface area contributed by atoms with Crippen LogP contribution < -0.4 is 26.1 Å². The van der Waals surface area contributed by atoms with Crippen LogP contribution in [0.1, 0.15) is 19.8 Å². The van der Waals surface area contributed by atoms with Gasteiger partial charge < -0.3 is 20.4 Å². The van der Waals surface area contributed by atoms with Crippen LogP contribution in [0.2, 0.25) is 0 Å². The van der Waals surface area contributed by atoms with Crippen molar-refractivity contribution < 1.29 is 0 Å². The molecule has 0 aromatic carbocycles. The van der Waals surface area contributed by atoms with Crippen molar-refractivity contribution in [3.8, 4) is 0 Å². The maximum atomic E-state index is 4.83. The zero-order valence-electron chi connectivity index (χ0n) is 16.5. The van der Waals surface area contributed by atoms with Crippen molar-refractivity contribution in [2.24, 2.45) is 4.99 Å². The van der Waals surface area contributed by atoms with Crippen LogP contribution >= 0.6 is 0 Å². The van der Waals surface area contributed by atoms with Crippen molar-refractivity contribution >= 4 is 35.1 Å².